The van der Waals surface area contributed by atoms with E-state index in [0.717, 1.165) is 17.9 Å². The van der Waals surface area contributed by atoms with E-state index in [-0.39, 0.29) is 0 Å². The Morgan fingerprint density at radius 3 is 2.68 bits per heavy atom. The molecule has 0 radical (unpaired) electrons. The predicted molar refractivity (Wildman–Crippen MR) is 74.4 cm³/mol. The highest BCUT2D eigenvalue weighted by Gasteiger charge is 2.05. The molecule has 1 heterocycles. The highest BCUT2D eigenvalue weighted by molar-refractivity contribution is 5.42. The Morgan fingerprint density at radius 2 is 1.95 bits per heavy atom. The van der Waals surface area contributed by atoms with E-state index in [1.54, 1.807) is 12.3 Å². The molecule has 0 fully saturated rings. The first-order chi connectivity index (χ1) is 9.33. The molecule has 2 aromatic rings. The van der Waals surface area contributed by atoms with E-state index >= 15 is 0 Å². The zero-order valence-corrected chi connectivity index (χ0v) is 11.0. The van der Waals surface area contributed by atoms with Crippen LogP contribution in [0.25, 0.3) is 0 Å². The summed E-state index contributed by atoms with van der Waals surface area (Å²) in [5, 5.41) is 0. The molecule has 0 unspecified atom stereocenters. The zero-order chi connectivity index (χ0) is 13.5. The first kappa shape index (κ1) is 13.4. The fraction of sp³-hybridized carbons (Fsp3) is 0.267. The molecule has 19 heavy (non-hydrogen) atoms. The van der Waals surface area contributed by atoms with Gasteiger partial charge in [-0.05, 0) is 24.6 Å². The van der Waals surface area contributed by atoms with Crippen molar-refractivity contribution in [1.82, 2.24) is 4.98 Å². The van der Waals surface area contributed by atoms with Gasteiger partial charge in [0, 0.05) is 18.8 Å². The topological polar surface area (TPSA) is 57.4 Å². The van der Waals surface area contributed by atoms with Crippen molar-refractivity contribution in [3.05, 3.63) is 48.3 Å². The molecule has 0 saturated carbocycles. The van der Waals surface area contributed by atoms with Crippen molar-refractivity contribution >= 4 is 0 Å². The lowest BCUT2D eigenvalue weighted by molar-refractivity contribution is 0.302. The summed E-state index contributed by atoms with van der Waals surface area (Å²) in [5.74, 6) is 2.16. The number of pyridine rings is 1. The van der Waals surface area contributed by atoms with Gasteiger partial charge in [-0.25, -0.2) is 0 Å². The molecule has 0 aliphatic rings. The second-order valence-corrected chi connectivity index (χ2v) is 4.08. The van der Waals surface area contributed by atoms with Crippen molar-refractivity contribution < 1.29 is 9.47 Å². The van der Waals surface area contributed by atoms with Gasteiger partial charge in [-0.15, -0.1) is 0 Å². The lowest BCUT2D eigenvalue weighted by atomic mass is 10.3. The molecule has 0 aliphatic heterocycles. The van der Waals surface area contributed by atoms with E-state index in [2.05, 4.69) is 11.9 Å². The maximum absolute atomic E-state index is 5.83. The molecular weight excluding hydrogens is 240 g/mol. The highest BCUT2D eigenvalue weighted by atomic mass is 16.5. The van der Waals surface area contributed by atoms with E-state index in [9.17, 15) is 0 Å². The third-order valence-corrected chi connectivity index (χ3v) is 2.54. The minimum atomic E-state index is 0.394. The normalized spacial score (nSPS) is 10.2. The van der Waals surface area contributed by atoms with Crippen LogP contribution >= 0.6 is 0 Å². The van der Waals surface area contributed by atoms with Crippen LogP contribution in [0.2, 0.25) is 0 Å². The molecular formula is C15H18N2O2. The van der Waals surface area contributed by atoms with Gasteiger partial charge in [-0.2, -0.15) is 0 Å². The Morgan fingerprint density at radius 1 is 1.16 bits per heavy atom. The molecule has 4 heteroatoms. The van der Waals surface area contributed by atoms with Crippen LogP contribution in [-0.2, 0) is 6.54 Å². The third-order valence-electron chi connectivity index (χ3n) is 2.54. The average Bonchev–Trinajstić information content (AvgIpc) is 2.46. The number of hydrogen-bond donors (Lipinski definition) is 1. The van der Waals surface area contributed by atoms with E-state index in [0.29, 0.717) is 24.7 Å². The van der Waals surface area contributed by atoms with Crippen LogP contribution in [0, 0.1) is 0 Å². The van der Waals surface area contributed by atoms with Crippen molar-refractivity contribution in [2.75, 3.05) is 6.61 Å². The molecule has 100 valence electrons. The second kappa shape index (κ2) is 6.75. The number of aromatic nitrogens is 1. The third kappa shape index (κ3) is 3.69. The largest absolute Gasteiger partial charge is 0.490 e. The van der Waals surface area contributed by atoms with Crippen molar-refractivity contribution in [3.8, 4) is 17.2 Å². The van der Waals surface area contributed by atoms with Crippen molar-refractivity contribution in [3.63, 3.8) is 0 Å². The molecule has 0 amide bonds. The first-order valence-electron chi connectivity index (χ1n) is 6.38. The van der Waals surface area contributed by atoms with Gasteiger partial charge in [0.15, 0.2) is 11.5 Å². The number of nitrogens with two attached hydrogens (primary N) is 1. The molecule has 0 bridgehead atoms. The van der Waals surface area contributed by atoms with Gasteiger partial charge in [0.1, 0.15) is 5.75 Å². The van der Waals surface area contributed by atoms with Crippen molar-refractivity contribution in [2.45, 2.75) is 19.9 Å². The highest BCUT2D eigenvalue weighted by Crippen LogP contribution is 2.31. The Kier molecular flexibility index (Phi) is 4.75. The molecule has 2 rings (SSSR count). The Hall–Kier alpha value is -2.07. The second-order valence-electron chi connectivity index (χ2n) is 4.08. The Labute approximate surface area is 113 Å². The summed E-state index contributed by atoms with van der Waals surface area (Å²) in [5.41, 5.74) is 6.36. The number of rotatable bonds is 6. The van der Waals surface area contributed by atoms with Crippen molar-refractivity contribution in [1.29, 1.82) is 0 Å². The predicted octanol–water partition coefficient (Wildman–Crippen LogP) is 3.12. The number of hydrogen-bond acceptors (Lipinski definition) is 4. The summed E-state index contributed by atoms with van der Waals surface area (Å²) >= 11 is 0. The van der Waals surface area contributed by atoms with Crippen LogP contribution in [0.4, 0.5) is 0 Å². The number of benzene rings is 1. The van der Waals surface area contributed by atoms with Gasteiger partial charge < -0.3 is 15.2 Å². The van der Waals surface area contributed by atoms with Gasteiger partial charge in [0.25, 0.3) is 0 Å². The summed E-state index contributed by atoms with van der Waals surface area (Å²) < 4.78 is 11.5. The molecule has 0 spiro atoms. The van der Waals surface area contributed by atoms with E-state index in [4.69, 9.17) is 15.2 Å². The van der Waals surface area contributed by atoms with Crippen LogP contribution in [0.5, 0.6) is 17.2 Å². The number of ether oxygens (including phenoxy) is 2. The Balaban J connectivity index is 2.17. The minimum Gasteiger partial charge on any atom is -0.490 e. The molecule has 1 aromatic carbocycles. The molecule has 0 atom stereocenters. The standard InChI is InChI=1S/C15H18N2O2/c1-2-9-18-14-5-3-4-6-15(14)19-13-7-8-17-12(10-13)11-16/h3-8,10H,2,9,11,16H2,1H3. The van der Waals surface area contributed by atoms with E-state index < -0.39 is 0 Å². The maximum Gasteiger partial charge on any atom is 0.169 e. The Bertz CT molecular complexity index is 529. The van der Waals surface area contributed by atoms with E-state index in [1.165, 1.54) is 0 Å². The molecule has 0 saturated heterocycles. The minimum absolute atomic E-state index is 0.394. The van der Waals surface area contributed by atoms with Gasteiger partial charge in [0.2, 0.25) is 0 Å². The summed E-state index contributed by atoms with van der Waals surface area (Å²) in [6.07, 6.45) is 2.65. The van der Waals surface area contributed by atoms with Crippen LogP contribution < -0.4 is 15.2 Å². The molecule has 2 N–H and O–H groups in total. The van der Waals surface area contributed by atoms with Gasteiger partial charge in [-0.3, -0.25) is 4.98 Å². The van der Waals surface area contributed by atoms with E-state index in [1.807, 2.05) is 30.3 Å². The first-order valence-corrected chi connectivity index (χ1v) is 6.38. The summed E-state index contributed by atoms with van der Waals surface area (Å²) in [6.45, 7) is 3.13. The molecule has 4 nitrogen and oxygen atoms in total. The number of para-hydroxylation sites is 2. The fourth-order valence-electron chi connectivity index (χ4n) is 1.62. The summed E-state index contributed by atoms with van der Waals surface area (Å²) in [6, 6.07) is 11.3. The zero-order valence-electron chi connectivity index (χ0n) is 11.0. The molecule has 1 aromatic heterocycles. The van der Waals surface area contributed by atoms with Gasteiger partial charge >= 0.3 is 0 Å². The smallest absolute Gasteiger partial charge is 0.169 e. The average molecular weight is 258 g/mol. The van der Waals surface area contributed by atoms with Crippen LogP contribution in [-0.4, -0.2) is 11.6 Å². The van der Waals surface area contributed by atoms with Crippen LogP contribution in [0.15, 0.2) is 42.6 Å². The number of nitrogens with zero attached hydrogens (tertiary/aromatic N) is 1. The summed E-state index contributed by atoms with van der Waals surface area (Å²) in [4.78, 5) is 4.14. The lowest BCUT2D eigenvalue weighted by Gasteiger charge is -2.12. The molecule has 0 aliphatic carbocycles. The monoisotopic (exact) mass is 258 g/mol. The van der Waals surface area contributed by atoms with Crippen molar-refractivity contribution in [2.24, 2.45) is 5.73 Å². The van der Waals surface area contributed by atoms with Crippen LogP contribution in [0.3, 0.4) is 0 Å². The van der Waals surface area contributed by atoms with Gasteiger partial charge in [0.05, 0.1) is 12.3 Å². The fourth-order valence-corrected chi connectivity index (χ4v) is 1.62. The SMILES string of the molecule is CCCOc1ccccc1Oc1ccnc(CN)c1. The van der Waals surface area contributed by atoms with Crippen LogP contribution in [0.1, 0.15) is 19.0 Å². The summed E-state index contributed by atoms with van der Waals surface area (Å²) in [7, 11) is 0. The lowest BCUT2D eigenvalue weighted by Crippen LogP contribution is -2.00. The maximum atomic E-state index is 5.83. The quantitative estimate of drug-likeness (QED) is 0.864. The van der Waals surface area contributed by atoms with Gasteiger partial charge in [-0.1, -0.05) is 19.1 Å².